The number of ether oxygens (including phenoxy) is 2. The molecule has 0 aromatic carbocycles. The van der Waals surface area contributed by atoms with Gasteiger partial charge in [-0.05, 0) is 18.9 Å². The van der Waals surface area contributed by atoms with Crippen LogP contribution in [0.2, 0.25) is 10.0 Å². The number of nitrogens with zero attached hydrogens (tertiary/aromatic N) is 1. The Balaban J connectivity index is 2.56. The summed E-state index contributed by atoms with van der Waals surface area (Å²) in [7, 11) is 0. The quantitative estimate of drug-likeness (QED) is 0.700. The molecular formula is C13H20Cl2N2O2. The monoisotopic (exact) mass is 306 g/mol. The molecule has 0 spiro atoms. The summed E-state index contributed by atoms with van der Waals surface area (Å²) < 4.78 is 10.8. The predicted molar refractivity (Wildman–Crippen MR) is 79.6 cm³/mol. The first-order valence-electron chi connectivity index (χ1n) is 6.49. The minimum Gasteiger partial charge on any atom is -0.474 e. The summed E-state index contributed by atoms with van der Waals surface area (Å²) in [6.45, 7) is 6.60. The van der Waals surface area contributed by atoms with Gasteiger partial charge in [0.2, 0.25) is 5.88 Å². The molecule has 1 N–H and O–H groups in total. The van der Waals surface area contributed by atoms with E-state index in [0.29, 0.717) is 35.0 Å². The maximum Gasteiger partial charge on any atom is 0.234 e. The number of halogens is 2. The highest BCUT2D eigenvalue weighted by molar-refractivity contribution is 6.36. The molecule has 0 bridgehead atoms. The minimum atomic E-state index is 0.379. The molecule has 0 unspecified atom stereocenters. The van der Waals surface area contributed by atoms with Crippen LogP contribution < -0.4 is 10.1 Å². The Morgan fingerprint density at radius 1 is 1.11 bits per heavy atom. The molecule has 1 aromatic rings. The second-order valence-electron chi connectivity index (χ2n) is 3.99. The van der Waals surface area contributed by atoms with Gasteiger partial charge in [-0.2, -0.15) is 4.98 Å². The number of hydrogen-bond donors (Lipinski definition) is 1. The van der Waals surface area contributed by atoms with Gasteiger partial charge in [-0.25, -0.2) is 0 Å². The minimum absolute atomic E-state index is 0.379. The molecule has 0 fully saturated rings. The second kappa shape index (κ2) is 9.23. The largest absolute Gasteiger partial charge is 0.474 e. The first-order valence-corrected chi connectivity index (χ1v) is 7.25. The van der Waals surface area contributed by atoms with Crippen LogP contribution >= 0.6 is 23.2 Å². The van der Waals surface area contributed by atoms with Gasteiger partial charge in [0.1, 0.15) is 17.4 Å². The highest BCUT2D eigenvalue weighted by atomic mass is 35.5. The summed E-state index contributed by atoms with van der Waals surface area (Å²) in [6, 6.07) is 1.64. The van der Waals surface area contributed by atoms with Crippen LogP contribution in [0.5, 0.6) is 5.88 Å². The molecule has 0 saturated heterocycles. The van der Waals surface area contributed by atoms with Crippen LogP contribution in [0.15, 0.2) is 6.07 Å². The lowest BCUT2D eigenvalue weighted by atomic mass is 10.4. The van der Waals surface area contributed by atoms with E-state index >= 15 is 0 Å². The van der Waals surface area contributed by atoms with E-state index in [1.807, 2.05) is 0 Å². The number of hydrogen-bond acceptors (Lipinski definition) is 4. The van der Waals surface area contributed by atoms with Crippen LogP contribution in [-0.4, -0.2) is 31.3 Å². The Morgan fingerprint density at radius 3 is 2.58 bits per heavy atom. The van der Waals surface area contributed by atoms with Crippen molar-refractivity contribution in [1.82, 2.24) is 4.98 Å². The zero-order chi connectivity index (χ0) is 14.1. The van der Waals surface area contributed by atoms with E-state index < -0.39 is 0 Å². The zero-order valence-electron chi connectivity index (χ0n) is 11.3. The highest BCUT2D eigenvalue weighted by Crippen LogP contribution is 2.30. The van der Waals surface area contributed by atoms with E-state index in [1.165, 1.54) is 0 Å². The van der Waals surface area contributed by atoms with Crippen molar-refractivity contribution in [2.24, 2.45) is 0 Å². The van der Waals surface area contributed by atoms with Crippen LogP contribution in [0.4, 0.5) is 5.82 Å². The third-order valence-corrected chi connectivity index (χ3v) is 2.81. The third-order valence-electron chi connectivity index (χ3n) is 2.25. The maximum absolute atomic E-state index is 6.05. The summed E-state index contributed by atoms with van der Waals surface area (Å²) in [5.41, 5.74) is 0. The summed E-state index contributed by atoms with van der Waals surface area (Å²) >= 11 is 12.1. The molecule has 0 atom stereocenters. The molecule has 0 aliphatic heterocycles. The van der Waals surface area contributed by atoms with Gasteiger partial charge in [0.05, 0.1) is 11.6 Å². The van der Waals surface area contributed by atoms with E-state index in [-0.39, 0.29) is 0 Å². The number of pyridine rings is 1. The first-order chi connectivity index (χ1) is 9.19. The van der Waals surface area contributed by atoms with E-state index in [0.717, 1.165) is 26.0 Å². The van der Waals surface area contributed by atoms with Gasteiger partial charge in [0.15, 0.2) is 0 Å². The number of anilines is 1. The average Bonchev–Trinajstić information content (AvgIpc) is 2.39. The van der Waals surface area contributed by atoms with Gasteiger partial charge in [0.25, 0.3) is 0 Å². The van der Waals surface area contributed by atoms with Gasteiger partial charge < -0.3 is 14.8 Å². The lowest BCUT2D eigenvalue weighted by Gasteiger charge is -2.11. The van der Waals surface area contributed by atoms with Crippen molar-refractivity contribution in [3.63, 3.8) is 0 Å². The fourth-order valence-corrected chi connectivity index (χ4v) is 1.84. The molecule has 0 aliphatic rings. The van der Waals surface area contributed by atoms with E-state index in [4.69, 9.17) is 32.7 Å². The standard InChI is InChI=1S/C13H20Cl2N2O2/c1-3-5-16-12-10(14)9-11(15)13(17-12)19-8-7-18-6-4-2/h9H,3-8H2,1-2H3,(H,16,17). The van der Waals surface area contributed by atoms with Crippen molar-refractivity contribution in [2.45, 2.75) is 26.7 Å². The first kappa shape index (κ1) is 16.3. The molecule has 19 heavy (non-hydrogen) atoms. The van der Waals surface area contributed by atoms with Crippen molar-refractivity contribution < 1.29 is 9.47 Å². The predicted octanol–water partition coefficient (Wildman–Crippen LogP) is 4.02. The second-order valence-corrected chi connectivity index (χ2v) is 4.81. The Labute approximate surface area is 124 Å². The van der Waals surface area contributed by atoms with Crippen molar-refractivity contribution in [1.29, 1.82) is 0 Å². The van der Waals surface area contributed by atoms with Crippen LogP contribution in [-0.2, 0) is 4.74 Å². The fraction of sp³-hybridized carbons (Fsp3) is 0.615. The van der Waals surface area contributed by atoms with Crippen LogP contribution in [0.1, 0.15) is 26.7 Å². The van der Waals surface area contributed by atoms with Crippen molar-refractivity contribution in [2.75, 3.05) is 31.7 Å². The molecule has 4 nitrogen and oxygen atoms in total. The van der Waals surface area contributed by atoms with Crippen LogP contribution in [0.3, 0.4) is 0 Å². The normalized spacial score (nSPS) is 10.5. The Kier molecular flexibility index (Phi) is 7.94. The van der Waals surface area contributed by atoms with Gasteiger partial charge in [-0.1, -0.05) is 37.0 Å². The molecule has 0 amide bonds. The number of nitrogens with one attached hydrogen (secondary N) is 1. The molecule has 0 aliphatic carbocycles. The Morgan fingerprint density at radius 2 is 1.89 bits per heavy atom. The van der Waals surface area contributed by atoms with Gasteiger partial charge in [-0.3, -0.25) is 0 Å². The topological polar surface area (TPSA) is 43.4 Å². The van der Waals surface area contributed by atoms with Crippen molar-refractivity contribution >= 4 is 29.0 Å². The molecule has 1 rings (SSSR count). The molecule has 1 aromatic heterocycles. The van der Waals surface area contributed by atoms with Crippen LogP contribution in [0, 0.1) is 0 Å². The zero-order valence-corrected chi connectivity index (χ0v) is 12.9. The van der Waals surface area contributed by atoms with E-state index in [9.17, 15) is 0 Å². The highest BCUT2D eigenvalue weighted by Gasteiger charge is 2.10. The van der Waals surface area contributed by atoms with Crippen molar-refractivity contribution in [3.8, 4) is 5.88 Å². The molecular weight excluding hydrogens is 287 g/mol. The summed E-state index contributed by atoms with van der Waals surface area (Å²) in [4.78, 5) is 4.27. The van der Waals surface area contributed by atoms with Gasteiger partial charge in [0, 0.05) is 13.2 Å². The Bertz CT molecular complexity index is 389. The Hall–Kier alpha value is -0.710. The summed E-state index contributed by atoms with van der Waals surface area (Å²) in [5.74, 6) is 0.974. The maximum atomic E-state index is 6.05. The molecule has 0 saturated carbocycles. The lowest BCUT2D eigenvalue weighted by Crippen LogP contribution is -2.09. The molecule has 108 valence electrons. The van der Waals surface area contributed by atoms with Crippen molar-refractivity contribution in [3.05, 3.63) is 16.1 Å². The summed E-state index contributed by atoms with van der Waals surface area (Å²) in [5, 5.41) is 4.03. The number of rotatable bonds is 9. The molecule has 6 heteroatoms. The van der Waals surface area contributed by atoms with Gasteiger partial charge >= 0.3 is 0 Å². The summed E-state index contributed by atoms with van der Waals surface area (Å²) in [6.07, 6.45) is 1.98. The lowest BCUT2D eigenvalue weighted by molar-refractivity contribution is 0.0991. The third kappa shape index (κ3) is 5.85. The SMILES string of the molecule is CCCNc1nc(OCCOCCC)c(Cl)cc1Cl. The van der Waals surface area contributed by atoms with Gasteiger partial charge in [-0.15, -0.1) is 0 Å². The average molecular weight is 307 g/mol. The fourth-order valence-electron chi connectivity index (χ4n) is 1.36. The number of aromatic nitrogens is 1. The van der Waals surface area contributed by atoms with E-state index in [1.54, 1.807) is 6.07 Å². The smallest absolute Gasteiger partial charge is 0.234 e. The molecule has 0 radical (unpaired) electrons. The molecule has 1 heterocycles. The van der Waals surface area contributed by atoms with Crippen LogP contribution in [0.25, 0.3) is 0 Å². The van der Waals surface area contributed by atoms with E-state index in [2.05, 4.69) is 24.1 Å².